The minimum absolute atomic E-state index is 0.0867. The number of carbonyl (C=O) groups excluding carboxylic acids is 3. The minimum Gasteiger partial charge on any atom is -0.326 e. The van der Waals surface area contributed by atoms with E-state index in [0.717, 1.165) is 25.7 Å². The molecule has 0 N–H and O–H groups in total. The van der Waals surface area contributed by atoms with Gasteiger partial charge in [-0.3, -0.25) is 14.4 Å². The Hall–Kier alpha value is -2.75. The fraction of sp³-hybridized carbons (Fsp3) is 0.483. The van der Waals surface area contributed by atoms with Gasteiger partial charge in [-0.1, -0.05) is 81.4 Å². The smallest absolute Gasteiger partial charge is 0.291 e. The average Bonchev–Trinajstić information content (AvgIpc) is 3.34. The highest BCUT2D eigenvalue weighted by Gasteiger charge is 2.40. The highest BCUT2D eigenvalue weighted by Crippen LogP contribution is 2.30. The predicted molar refractivity (Wildman–Crippen MR) is 132 cm³/mol. The second-order valence-electron chi connectivity index (χ2n) is 9.86. The van der Waals surface area contributed by atoms with Crippen molar-refractivity contribution < 1.29 is 14.4 Å². The fourth-order valence-corrected chi connectivity index (χ4v) is 4.60. The van der Waals surface area contributed by atoms with E-state index in [9.17, 15) is 14.4 Å². The zero-order valence-corrected chi connectivity index (χ0v) is 20.3. The molecular weight excluding hydrogens is 410 g/mol. The number of amides is 1. The Labute approximate surface area is 198 Å². The Morgan fingerprint density at radius 2 is 1.61 bits per heavy atom. The first-order valence-corrected chi connectivity index (χ1v) is 12.3. The summed E-state index contributed by atoms with van der Waals surface area (Å²) in [5.41, 5.74) is 1.86. The molecule has 176 valence electrons. The van der Waals surface area contributed by atoms with Crippen molar-refractivity contribution >= 4 is 17.5 Å². The summed E-state index contributed by atoms with van der Waals surface area (Å²) in [5, 5.41) is 0. The highest BCUT2D eigenvalue weighted by molar-refractivity contribution is 6.38. The molecule has 1 aliphatic rings. The van der Waals surface area contributed by atoms with Crippen molar-refractivity contribution in [2.24, 2.45) is 5.41 Å². The van der Waals surface area contributed by atoms with Gasteiger partial charge in [-0.05, 0) is 55.6 Å². The van der Waals surface area contributed by atoms with E-state index >= 15 is 0 Å². The molecule has 0 aromatic heterocycles. The lowest BCUT2D eigenvalue weighted by atomic mass is 9.84. The van der Waals surface area contributed by atoms with Crippen LogP contribution in [-0.2, 0) is 20.8 Å². The highest BCUT2D eigenvalue weighted by atomic mass is 16.2. The van der Waals surface area contributed by atoms with Gasteiger partial charge >= 0.3 is 0 Å². The first-order valence-electron chi connectivity index (χ1n) is 12.3. The number of benzene rings is 2. The standard InChI is InChI=1S/C29H37NO3/c1-4-29(2,3)27(32)28(33)30-21-11-16-25(30)26(31)20-19-24(23-14-9-6-10-15-23)18-17-22-12-7-5-8-13-22/h5-10,12-15,24-25H,4,11,16-21H2,1-3H3. The van der Waals surface area contributed by atoms with Gasteiger partial charge in [0.2, 0.25) is 5.78 Å². The maximum Gasteiger partial charge on any atom is 0.291 e. The van der Waals surface area contributed by atoms with Gasteiger partial charge in [0.1, 0.15) is 0 Å². The van der Waals surface area contributed by atoms with Crippen LogP contribution in [0.2, 0.25) is 0 Å². The molecule has 1 fully saturated rings. The summed E-state index contributed by atoms with van der Waals surface area (Å²) in [6, 6.07) is 20.3. The number of Topliss-reactive ketones (excluding diaryl/α,β-unsaturated/α-hetero) is 2. The summed E-state index contributed by atoms with van der Waals surface area (Å²) in [4.78, 5) is 40.4. The van der Waals surface area contributed by atoms with Crippen LogP contribution in [-0.4, -0.2) is 35.0 Å². The van der Waals surface area contributed by atoms with Crippen molar-refractivity contribution in [3.8, 4) is 0 Å². The van der Waals surface area contributed by atoms with Crippen molar-refractivity contribution in [3.63, 3.8) is 0 Å². The summed E-state index contributed by atoms with van der Waals surface area (Å²) in [7, 11) is 0. The van der Waals surface area contributed by atoms with E-state index in [1.165, 1.54) is 11.1 Å². The van der Waals surface area contributed by atoms with Gasteiger partial charge in [-0.2, -0.15) is 0 Å². The number of hydrogen-bond donors (Lipinski definition) is 0. The molecule has 2 unspecified atom stereocenters. The first kappa shape index (κ1) is 24.9. The Kier molecular flexibility index (Phi) is 8.60. The molecule has 0 saturated carbocycles. The second-order valence-corrected chi connectivity index (χ2v) is 9.86. The first-order chi connectivity index (χ1) is 15.8. The molecule has 1 saturated heterocycles. The van der Waals surface area contributed by atoms with E-state index in [0.29, 0.717) is 25.8 Å². The second kappa shape index (κ2) is 11.4. The van der Waals surface area contributed by atoms with E-state index in [1.807, 2.05) is 31.2 Å². The van der Waals surface area contributed by atoms with Crippen LogP contribution in [0.5, 0.6) is 0 Å². The summed E-state index contributed by atoms with van der Waals surface area (Å²) in [6.45, 7) is 6.02. The van der Waals surface area contributed by atoms with Crippen LogP contribution in [0, 0.1) is 5.41 Å². The van der Waals surface area contributed by atoms with E-state index in [2.05, 4.69) is 36.4 Å². The van der Waals surface area contributed by atoms with Gasteiger partial charge in [0.25, 0.3) is 5.91 Å². The average molecular weight is 448 g/mol. The molecule has 4 heteroatoms. The van der Waals surface area contributed by atoms with Crippen LogP contribution < -0.4 is 0 Å². The molecule has 33 heavy (non-hydrogen) atoms. The topological polar surface area (TPSA) is 54.5 Å². The molecule has 1 amide bonds. The van der Waals surface area contributed by atoms with E-state index in [4.69, 9.17) is 0 Å². The van der Waals surface area contributed by atoms with Gasteiger partial charge < -0.3 is 4.90 Å². The summed E-state index contributed by atoms with van der Waals surface area (Å²) < 4.78 is 0. The maximum absolute atomic E-state index is 13.2. The third-order valence-corrected chi connectivity index (χ3v) is 7.21. The zero-order valence-electron chi connectivity index (χ0n) is 20.3. The number of hydrogen-bond acceptors (Lipinski definition) is 3. The Bertz CT molecular complexity index is 936. The lowest BCUT2D eigenvalue weighted by molar-refractivity contribution is -0.151. The van der Waals surface area contributed by atoms with Crippen molar-refractivity contribution in [3.05, 3.63) is 71.8 Å². The Morgan fingerprint density at radius 3 is 2.24 bits per heavy atom. The quantitative estimate of drug-likeness (QED) is 0.412. The van der Waals surface area contributed by atoms with Gasteiger partial charge in [0.15, 0.2) is 5.78 Å². The molecule has 0 spiro atoms. The van der Waals surface area contributed by atoms with E-state index < -0.39 is 17.4 Å². The van der Waals surface area contributed by atoms with Crippen molar-refractivity contribution in [2.75, 3.05) is 6.54 Å². The molecule has 4 nitrogen and oxygen atoms in total. The number of rotatable bonds is 11. The van der Waals surface area contributed by atoms with Crippen LogP contribution in [0.15, 0.2) is 60.7 Å². The van der Waals surface area contributed by atoms with Crippen molar-refractivity contribution in [1.82, 2.24) is 4.90 Å². The van der Waals surface area contributed by atoms with Crippen LogP contribution in [0.3, 0.4) is 0 Å². The molecule has 2 atom stereocenters. The largest absolute Gasteiger partial charge is 0.326 e. The molecule has 0 bridgehead atoms. The summed E-state index contributed by atoms with van der Waals surface area (Å²) in [6.07, 6.45) is 5.14. The maximum atomic E-state index is 13.2. The monoisotopic (exact) mass is 447 g/mol. The molecule has 1 heterocycles. The number of likely N-dealkylation sites (tertiary alicyclic amines) is 1. The number of nitrogens with zero attached hydrogens (tertiary/aromatic N) is 1. The summed E-state index contributed by atoms with van der Waals surface area (Å²) >= 11 is 0. The molecule has 2 aromatic carbocycles. The van der Waals surface area contributed by atoms with Crippen LogP contribution in [0.1, 0.15) is 76.3 Å². The van der Waals surface area contributed by atoms with Crippen molar-refractivity contribution in [1.29, 1.82) is 0 Å². The third kappa shape index (κ3) is 6.40. The SMILES string of the molecule is CCC(C)(C)C(=O)C(=O)N1CCCC1C(=O)CCC(CCc1ccccc1)c1ccccc1. The van der Waals surface area contributed by atoms with Crippen molar-refractivity contribution in [2.45, 2.75) is 77.7 Å². The van der Waals surface area contributed by atoms with Crippen LogP contribution >= 0.6 is 0 Å². The molecule has 0 aliphatic carbocycles. The van der Waals surface area contributed by atoms with Gasteiger partial charge in [-0.25, -0.2) is 0 Å². The van der Waals surface area contributed by atoms with Crippen LogP contribution in [0.4, 0.5) is 0 Å². The van der Waals surface area contributed by atoms with Gasteiger partial charge in [0, 0.05) is 18.4 Å². The lowest BCUT2D eigenvalue weighted by Gasteiger charge is -2.28. The summed E-state index contributed by atoms with van der Waals surface area (Å²) in [5.74, 6) is -0.499. The molecule has 1 aliphatic heterocycles. The minimum atomic E-state index is -0.691. The number of carbonyl (C=O) groups is 3. The Morgan fingerprint density at radius 1 is 0.970 bits per heavy atom. The molecular formula is C29H37NO3. The number of aryl methyl sites for hydroxylation is 1. The fourth-order valence-electron chi connectivity index (χ4n) is 4.60. The van der Waals surface area contributed by atoms with Crippen LogP contribution in [0.25, 0.3) is 0 Å². The lowest BCUT2D eigenvalue weighted by Crippen LogP contribution is -2.47. The van der Waals surface area contributed by atoms with Gasteiger partial charge in [-0.15, -0.1) is 0 Å². The van der Waals surface area contributed by atoms with E-state index in [1.54, 1.807) is 18.7 Å². The third-order valence-electron chi connectivity index (χ3n) is 7.21. The Balaban J connectivity index is 1.65. The normalized spacial score (nSPS) is 17.1. The van der Waals surface area contributed by atoms with E-state index in [-0.39, 0.29) is 17.5 Å². The number of ketones is 2. The molecule has 0 radical (unpaired) electrons. The van der Waals surface area contributed by atoms with Gasteiger partial charge in [0.05, 0.1) is 6.04 Å². The zero-order chi connectivity index (χ0) is 23.8. The molecule has 3 rings (SSSR count). The molecule has 2 aromatic rings. The predicted octanol–water partition coefficient (Wildman–Crippen LogP) is 5.75.